The van der Waals surface area contributed by atoms with Crippen molar-refractivity contribution in [1.29, 1.82) is 10.5 Å². The summed E-state index contributed by atoms with van der Waals surface area (Å²) in [6.07, 6.45) is 0.856. The van der Waals surface area contributed by atoms with Crippen LogP contribution in [-0.4, -0.2) is 15.3 Å². The topological polar surface area (TPSA) is 82.5 Å². The van der Waals surface area contributed by atoms with Gasteiger partial charge in [0.15, 0.2) is 5.16 Å². The summed E-state index contributed by atoms with van der Waals surface area (Å²) in [4.78, 5) is 17.9. The average Bonchev–Trinajstić information content (AvgIpc) is 2.70. The van der Waals surface area contributed by atoms with Crippen molar-refractivity contribution in [2.24, 2.45) is 5.92 Å². The number of thioether (sulfide) groups is 1. The molecule has 0 radical (unpaired) electrons. The first-order valence-corrected chi connectivity index (χ1v) is 10.0. The summed E-state index contributed by atoms with van der Waals surface area (Å²) in [5, 5.41) is 19.2. The zero-order valence-corrected chi connectivity index (χ0v) is 16.7. The summed E-state index contributed by atoms with van der Waals surface area (Å²) >= 11 is 1.38. The third-order valence-corrected chi connectivity index (χ3v) is 5.80. The van der Waals surface area contributed by atoms with Crippen LogP contribution in [0.5, 0.6) is 0 Å². The van der Waals surface area contributed by atoms with Crippen LogP contribution in [0.1, 0.15) is 24.0 Å². The smallest absolute Gasteiger partial charge is 0.266 e. The van der Waals surface area contributed by atoms with Gasteiger partial charge in [0.05, 0.1) is 34.6 Å². The molecule has 5 nitrogen and oxygen atoms in total. The fourth-order valence-electron chi connectivity index (χ4n) is 2.90. The molecule has 28 heavy (non-hydrogen) atoms. The molecule has 0 saturated heterocycles. The minimum Gasteiger partial charge on any atom is -0.268 e. The number of benzene rings is 2. The van der Waals surface area contributed by atoms with Crippen LogP contribution in [0.3, 0.4) is 0 Å². The summed E-state index contributed by atoms with van der Waals surface area (Å²) < 4.78 is 1.62. The molecule has 0 aliphatic heterocycles. The van der Waals surface area contributed by atoms with E-state index in [0.29, 0.717) is 34.7 Å². The van der Waals surface area contributed by atoms with Crippen molar-refractivity contribution in [3.63, 3.8) is 0 Å². The van der Waals surface area contributed by atoms with Crippen molar-refractivity contribution in [2.75, 3.05) is 5.75 Å². The Kier molecular flexibility index (Phi) is 6.13. The average molecular weight is 388 g/mol. The second-order valence-corrected chi connectivity index (χ2v) is 7.64. The molecule has 0 aliphatic rings. The van der Waals surface area contributed by atoms with Crippen molar-refractivity contribution in [3.05, 3.63) is 63.9 Å². The summed E-state index contributed by atoms with van der Waals surface area (Å²) in [5.41, 5.74) is 3.53. The normalized spacial score (nSPS) is 11.7. The fourth-order valence-corrected chi connectivity index (χ4v) is 3.97. The molecule has 2 aromatic carbocycles. The Bertz CT molecular complexity index is 1150. The quantitative estimate of drug-likeness (QED) is 0.457. The molecule has 3 rings (SSSR count). The highest BCUT2D eigenvalue weighted by atomic mass is 32.2. The molecule has 0 saturated carbocycles. The first-order chi connectivity index (χ1) is 13.5. The van der Waals surface area contributed by atoms with E-state index in [-0.39, 0.29) is 11.5 Å². The van der Waals surface area contributed by atoms with Crippen molar-refractivity contribution >= 4 is 22.7 Å². The van der Waals surface area contributed by atoms with Crippen LogP contribution in [-0.2, 0) is 0 Å². The molecule has 0 aliphatic carbocycles. The predicted molar refractivity (Wildman–Crippen MR) is 111 cm³/mol. The molecule has 0 amide bonds. The van der Waals surface area contributed by atoms with Crippen molar-refractivity contribution in [2.45, 2.75) is 31.8 Å². The lowest BCUT2D eigenvalue weighted by atomic mass is 10.1. The molecule has 0 fully saturated rings. The van der Waals surface area contributed by atoms with E-state index in [1.807, 2.05) is 50.2 Å². The zero-order valence-electron chi connectivity index (χ0n) is 15.8. The summed E-state index contributed by atoms with van der Waals surface area (Å²) in [7, 11) is 0. The van der Waals surface area contributed by atoms with Crippen LogP contribution in [0.15, 0.2) is 52.4 Å². The number of hydrogen-bond donors (Lipinski definition) is 0. The van der Waals surface area contributed by atoms with Gasteiger partial charge in [-0.2, -0.15) is 10.5 Å². The van der Waals surface area contributed by atoms with Crippen LogP contribution < -0.4 is 5.56 Å². The third-order valence-electron chi connectivity index (χ3n) is 4.69. The van der Waals surface area contributed by atoms with Crippen molar-refractivity contribution in [1.82, 2.24) is 9.55 Å². The van der Waals surface area contributed by atoms with Crippen LogP contribution in [0.2, 0.25) is 0 Å². The lowest BCUT2D eigenvalue weighted by molar-refractivity contribution is 0.682. The van der Waals surface area contributed by atoms with Gasteiger partial charge >= 0.3 is 0 Å². The first kappa shape index (κ1) is 19.7. The van der Waals surface area contributed by atoms with Gasteiger partial charge in [0, 0.05) is 12.2 Å². The first-order valence-electron chi connectivity index (χ1n) is 9.04. The number of rotatable bonds is 6. The monoisotopic (exact) mass is 388 g/mol. The molecule has 0 N–H and O–H groups in total. The van der Waals surface area contributed by atoms with Crippen LogP contribution in [0, 0.1) is 42.4 Å². The maximum absolute atomic E-state index is 13.2. The summed E-state index contributed by atoms with van der Waals surface area (Å²) in [5.74, 6) is 0.217. The largest absolute Gasteiger partial charge is 0.268 e. The molecular formula is C22H20N4OS. The van der Waals surface area contributed by atoms with Gasteiger partial charge in [-0.25, -0.2) is 4.98 Å². The van der Waals surface area contributed by atoms with Gasteiger partial charge in [-0.05, 0) is 55.7 Å². The molecular weight excluding hydrogens is 368 g/mol. The highest BCUT2D eigenvalue weighted by Gasteiger charge is 2.16. The molecule has 0 spiro atoms. The minimum atomic E-state index is -0.263. The van der Waals surface area contributed by atoms with E-state index >= 15 is 0 Å². The number of nitriles is 2. The number of fused-ring (bicyclic) bond motifs is 1. The molecule has 6 heteroatoms. The Morgan fingerprint density at radius 3 is 2.64 bits per heavy atom. The maximum Gasteiger partial charge on any atom is 0.266 e. The van der Waals surface area contributed by atoms with Crippen LogP contribution in [0.4, 0.5) is 0 Å². The van der Waals surface area contributed by atoms with Gasteiger partial charge < -0.3 is 0 Å². The van der Waals surface area contributed by atoms with Gasteiger partial charge in [-0.3, -0.25) is 9.36 Å². The number of aryl methyl sites for hydroxylation is 2. The summed E-state index contributed by atoms with van der Waals surface area (Å²) in [6, 6.07) is 17.5. The van der Waals surface area contributed by atoms with E-state index in [2.05, 4.69) is 12.1 Å². The second-order valence-electron chi connectivity index (χ2n) is 6.65. The molecule has 0 unspecified atom stereocenters. The van der Waals surface area contributed by atoms with E-state index in [1.165, 1.54) is 11.8 Å². The number of nitrogens with zero attached hydrogens (tertiary/aromatic N) is 4. The molecule has 1 aromatic heterocycles. The van der Waals surface area contributed by atoms with Gasteiger partial charge in [-0.1, -0.05) is 30.0 Å². The van der Waals surface area contributed by atoms with Gasteiger partial charge in [-0.15, -0.1) is 0 Å². The maximum atomic E-state index is 13.2. The Labute approximate surface area is 168 Å². The number of aromatic nitrogens is 2. The highest BCUT2D eigenvalue weighted by Crippen LogP contribution is 2.25. The van der Waals surface area contributed by atoms with E-state index in [1.54, 1.807) is 10.6 Å². The minimum absolute atomic E-state index is 0.123. The van der Waals surface area contributed by atoms with Crippen LogP contribution >= 0.6 is 11.8 Å². The Morgan fingerprint density at radius 2 is 1.93 bits per heavy atom. The highest BCUT2D eigenvalue weighted by molar-refractivity contribution is 7.99. The molecule has 3 aromatic rings. The van der Waals surface area contributed by atoms with E-state index < -0.39 is 0 Å². The lowest BCUT2D eigenvalue weighted by Gasteiger charge is -2.15. The molecule has 0 bridgehead atoms. The molecule has 140 valence electrons. The van der Waals surface area contributed by atoms with E-state index in [9.17, 15) is 10.1 Å². The fraction of sp³-hybridized carbons (Fsp3) is 0.273. The van der Waals surface area contributed by atoms with Crippen molar-refractivity contribution < 1.29 is 0 Å². The zero-order chi connectivity index (χ0) is 20.1. The van der Waals surface area contributed by atoms with Gasteiger partial charge in [0.2, 0.25) is 0 Å². The third kappa shape index (κ3) is 4.08. The van der Waals surface area contributed by atoms with E-state index in [4.69, 9.17) is 10.2 Å². The SMILES string of the molecule is Cc1ccc(-n2c(SC[C@H](C#N)CCC#N)nc3ccccc3c2=O)cc1C. The van der Waals surface area contributed by atoms with Gasteiger partial charge in [0.25, 0.3) is 5.56 Å². The van der Waals surface area contributed by atoms with Crippen molar-refractivity contribution in [3.8, 4) is 17.8 Å². The molecule has 1 atom stereocenters. The standard InChI is InChI=1S/C22H20N4OS/c1-15-9-10-18(12-16(15)2)26-21(27)19-7-3-4-8-20(19)25-22(26)28-14-17(13-24)6-5-11-23/h3-4,7-10,12,17H,5-6,14H2,1-2H3/t17-/m0/s1. The van der Waals surface area contributed by atoms with E-state index in [0.717, 1.165) is 16.8 Å². The Morgan fingerprint density at radius 1 is 1.14 bits per heavy atom. The molecule has 1 heterocycles. The van der Waals surface area contributed by atoms with Crippen LogP contribution in [0.25, 0.3) is 16.6 Å². The number of para-hydroxylation sites is 1. The lowest BCUT2D eigenvalue weighted by Crippen LogP contribution is -2.22. The Balaban J connectivity index is 2.09. The van der Waals surface area contributed by atoms with Gasteiger partial charge in [0.1, 0.15) is 0 Å². The summed E-state index contributed by atoms with van der Waals surface area (Å²) in [6.45, 7) is 4.04. The Hall–Kier alpha value is -3.09. The predicted octanol–water partition coefficient (Wildman–Crippen LogP) is 4.54. The second kappa shape index (κ2) is 8.73. The number of hydrogen-bond acceptors (Lipinski definition) is 5.